The zero-order valence-corrected chi connectivity index (χ0v) is 9.62. The van der Waals surface area contributed by atoms with Crippen LogP contribution in [0.2, 0.25) is 0 Å². The third-order valence-corrected chi connectivity index (χ3v) is 4.77. The van der Waals surface area contributed by atoms with E-state index in [-0.39, 0.29) is 29.5 Å². The number of nitrogens with zero attached hydrogens (tertiary/aromatic N) is 1. The van der Waals surface area contributed by atoms with Gasteiger partial charge in [0.15, 0.2) is 0 Å². The first-order valence-corrected chi connectivity index (χ1v) is 7.11. The number of urea groups is 1. The Morgan fingerprint density at radius 1 is 1.19 bits per heavy atom. The number of sulfone groups is 1. The third-order valence-electron chi connectivity index (χ3n) is 3.05. The average molecular weight is 246 g/mol. The van der Waals surface area contributed by atoms with E-state index in [1.807, 2.05) is 0 Å². The molecule has 2 aliphatic rings. The molecule has 0 radical (unpaired) electrons. The van der Waals surface area contributed by atoms with Crippen LogP contribution in [0.3, 0.4) is 0 Å². The van der Waals surface area contributed by atoms with E-state index in [1.165, 1.54) is 0 Å². The maximum absolute atomic E-state index is 11.5. The van der Waals surface area contributed by atoms with Gasteiger partial charge in [0.05, 0.1) is 11.5 Å². The van der Waals surface area contributed by atoms with E-state index in [0.29, 0.717) is 25.8 Å². The first kappa shape index (κ1) is 11.4. The maximum atomic E-state index is 11.5. The summed E-state index contributed by atoms with van der Waals surface area (Å²) in [5.74, 6) is 0.00908. The number of imide groups is 1. The van der Waals surface area contributed by atoms with Crippen LogP contribution in [0.4, 0.5) is 4.79 Å². The van der Waals surface area contributed by atoms with Crippen molar-refractivity contribution in [3.8, 4) is 0 Å². The zero-order chi connectivity index (χ0) is 11.8. The second kappa shape index (κ2) is 4.04. The van der Waals surface area contributed by atoms with Gasteiger partial charge in [0, 0.05) is 19.0 Å². The van der Waals surface area contributed by atoms with Crippen molar-refractivity contribution < 1.29 is 18.0 Å². The summed E-state index contributed by atoms with van der Waals surface area (Å²) in [5.41, 5.74) is 0. The first-order chi connectivity index (χ1) is 7.48. The molecule has 0 unspecified atom stereocenters. The van der Waals surface area contributed by atoms with E-state index in [0.717, 1.165) is 0 Å². The summed E-state index contributed by atoms with van der Waals surface area (Å²) in [4.78, 5) is 24.0. The minimum Gasteiger partial charge on any atom is -0.321 e. The van der Waals surface area contributed by atoms with E-state index in [1.54, 1.807) is 4.90 Å². The molecule has 2 fully saturated rings. The van der Waals surface area contributed by atoms with Crippen LogP contribution in [0, 0.1) is 0 Å². The van der Waals surface area contributed by atoms with Gasteiger partial charge in [-0.05, 0) is 12.8 Å². The molecule has 7 heteroatoms. The molecule has 6 nitrogen and oxygen atoms in total. The van der Waals surface area contributed by atoms with Crippen molar-refractivity contribution in [2.45, 2.75) is 25.3 Å². The molecule has 2 rings (SSSR count). The predicted molar refractivity (Wildman–Crippen MR) is 56.5 cm³/mol. The second-order valence-corrected chi connectivity index (χ2v) is 6.48. The number of hydrogen-bond acceptors (Lipinski definition) is 4. The van der Waals surface area contributed by atoms with Gasteiger partial charge in [-0.1, -0.05) is 0 Å². The van der Waals surface area contributed by atoms with Crippen molar-refractivity contribution in [2.75, 3.05) is 18.1 Å². The molecule has 0 aromatic rings. The highest BCUT2D eigenvalue weighted by Gasteiger charge is 2.33. The summed E-state index contributed by atoms with van der Waals surface area (Å²) in [5, 5.41) is 2.25. The number of rotatable bonds is 1. The standard InChI is InChI=1S/C9H14N2O4S/c12-8-1-4-11(9(13)10-8)7-2-5-16(14,15)6-3-7/h7H,1-6H2,(H,10,12,13). The Morgan fingerprint density at radius 3 is 2.38 bits per heavy atom. The summed E-state index contributed by atoms with van der Waals surface area (Å²) in [6, 6.07) is -0.433. The molecular formula is C9H14N2O4S. The quantitative estimate of drug-likeness (QED) is 0.676. The van der Waals surface area contributed by atoms with E-state index in [2.05, 4.69) is 5.32 Å². The van der Waals surface area contributed by atoms with Gasteiger partial charge >= 0.3 is 6.03 Å². The fourth-order valence-electron chi connectivity index (χ4n) is 2.11. The lowest BCUT2D eigenvalue weighted by Crippen LogP contribution is -2.55. The van der Waals surface area contributed by atoms with Crippen LogP contribution < -0.4 is 5.32 Å². The van der Waals surface area contributed by atoms with Crippen molar-refractivity contribution >= 4 is 21.8 Å². The van der Waals surface area contributed by atoms with Crippen molar-refractivity contribution in [2.24, 2.45) is 0 Å². The summed E-state index contributed by atoms with van der Waals surface area (Å²) < 4.78 is 22.5. The van der Waals surface area contributed by atoms with Crippen LogP contribution in [-0.2, 0) is 14.6 Å². The van der Waals surface area contributed by atoms with E-state index < -0.39 is 9.84 Å². The molecule has 1 N–H and O–H groups in total. The number of carbonyl (C=O) groups excluding carboxylic acids is 2. The molecular weight excluding hydrogens is 232 g/mol. The van der Waals surface area contributed by atoms with Crippen molar-refractivity contribution in [3.63, 3.8) is 0 Å². The van der Waals surface area contributed by atoms with E-state index in [4.69, 9.17) is 0 Å². The summed E-state index contributed by atoms with van der Waals surface area (Å²) in [6.45, 7) is 0.398. The molecule has 0 atom stereocenters. The number of nitrogens with one attached hydrogen (secondary N) is 1. The minimum atomic E-state index is -2.91. The fourth-order valence-corrected chi connectivity index (χ4v) is 3.58. The lowest BCUT2D eigenvalue weighted by molar-refractivity contribution is -0.121. The van der Waals surface area contributed by atoms with E-state index in [9.17, 15) is 18.0 Å². The smallest absolute Gasteiger partial charge is 0.321 e. The summed E-state index contributed by atoms with van der Waals surface area (Å²) >= 11 is 0. The number of carbonyl (C=O) groups is 2. The maximum Gasteiger partial charge on any atom is 0.324 e. The topological polar surface area (TPSA) is 83.6 Å². The molecule has 16 heavy (non-hydrogen) atoms. The van der Waals surface area contributed by atoms with Crippen molar-refractivity contribution in [3.05, 3.63) is 0 Å². The highest BCUT2D eigenvalue weighted by Crippen LogP contribution is 2.19. The Bertz CT molecular complexity index is 403. The molecule has 3 amide bonds. The normalized spacial score (nSPS) is 26.6. The molecule has 2 heterocycles. The lowest BCUT2D eigenvalue weighted by Gasteiger charge is -2.36. The van der Waals surface area contributed by atoms with E-state index >= 15 is 0 Å². The highest BCUT2D eigenvalue weighted by molar-refractivity contribution is 7.91. The fraction of sp³-hybridized carbons (Fsp3) is 0.778. The van der Waals surface area contributed by atoms with Gasteiger partial charge in [-0.15, -0.1) is 0 Å². The van der Waals surface area contributed by atoms with Crippen LogP contribution >= 0.6 is 0 Å². The SMILES string of the molecule is O=C1CCN(C2CCS(=O)(=O)CC2)C(=O)N1. The van der Waals surface area contributed by atoms with Gasteiger partial charge in [-0.3, -0.25) is 10.1 Å². The van der Waals surface area contributed by atoms with Crippen LogP contribution in [0.15, 0.2) is 0 Å². The van der Waals surface area contributed by atoms with Crippen molar-refractivity contribution in [1.29, 1.82) is 0 Å². The van der Waals surface area contributed by atoms with Crippen LogP contribution in [0.1, 0.15) is 19.3 Å². The third kappa shape index (κ3) is 2.34. The van der Waals surface area contributed by atoms with Gasteiger partial charge in [0.25, 0.3) is 0 Å². The molecule has 0 aromatic carbocycles. The Labute approximate surface area is 93.9 Å². The molecule has 0 aromatic heterocycles. The van der Waals surface area contributed by atoms with Crippen LogP contribution in [0.5, 0.6) is 0 Å². The predicted octanol–water partition coefficient (Wildman–Crippen LogP) is -0.494. The Balaban J connectivity index is 1.99. The van der Waals surface area contributed by atoms with Gasteiger partial charge < -0.3 is 4.90 Å². The van der Waals surface area contributed by atoms with Crippen molar-refractivity contribution in [1.82, 2.24) is 10.2 Å². The Kier molecular flexibility index (Phi) is 2.88. The average Bonchev–Trinajstić information content (AvgIpc) is 2.19. The molecule has 2 saturated heterocycles. The monoisotopic (exact) mass is 246 g/mol. The second-order valence-electron chi connectivity index (χ2n) is 4.18. The molecule has 0 bridgehead atoms. The number of amides is 3. The summed E-state index contributed by atoms with van der Waals surface area (Å²) in [6.07, 6.45) is 1.25. The lowest BCUT2D eigenvalue weighted by atomic mass is 10.1. The molecule has 2 aliphatic heterocycles. The highest BCUT2D eigenvalue weighted by atomic mass is 32.2. The van der Waals surface area contributed by atoms with Crippen LogP contribution in [-0.4, -0.2) is 49.3 Å². The van der Waals surface area contributed by atoms with Gasteiger partial charge in [-0.25, -0.2) is 13.2 Å². The summed E-state index contributed by atoms with van der Waals surface area (Å²) in [7, 11) is -2.91. The zero-order valence-electron chi connectivity index (χ0n) is 8.81. The Morgan fingerprint density at radius 2 is 1.81 bits per heavy atom. The Hall–Kier alpha value is -1.11. The largest absolute Gasteiger partial charge is 0.324 e. The molecule has 0 aliphatic carbocycles. The van der Waals surface area contributed by atoms with Crippen LogP contribution in [0.25, 0.3) is 0 Å². The molecule has 0 spiro atoms. The van der Waals surface area contributed by atoms with Gasteiger partial charge in [0.1, 0.15) is 9.84 Å². The van der Waals surface area contributed by atoms with Gasteiger partial charge in [0.2, 0.25) is 5.91 Å². The molecule has 0 saturated carbocycles. The minimum absolute atomic E-state index is 0.0448. The number of hydrogen-bond donors (Lipinski definition) is 1. The van der Waals surface area contributed by atoms with Gasteiger partial charge in [-0.2, -0.15) is 0 Å². The first-order valence-electron chi connectivity index (χ1n) is 5.29. The molecule has 90 valence electrons.